The van der Waals surface area contributed by atoms with Crippen molar-refractivity contribution in [2.45, 2.75) is 26.3 Å². The van der Waals surface area contributed by atoms with Gasteiger partial charge in [0.05, 0.1) is 18.9 Å². The van der Waals surface area contributed by atoms with Crippen molar-refractivity contribution in [3.05, 3.63) is 65.9 Å². The van der Waals surface area contributed by atoms with Gasteiger partial charge in [0, 0.05) is 49.8 Å². The number of carboxylic acid groups (broad SMARTS) is 2. The maximum Gasteiger partial charge on any atom is 0.414 e. The predicted molar refractivity (Wildman–Crippen MR) is 154 cm³/mol. The van der Waals surface area contributed by atoms with Crippen molar-refractivity contribution in [1.82, 2.24) is 10.3 Å². The fourth-order valence-corrected chi connectivity index (χ4v) is 4.88. The smallest absolute Gasteiger partial charge is 0.414 e. The van der Waals surface area contributed by atoms with Crippen molar-refractivity contribution < 1.29 is 24.5 Å². The number of morpholine rings is 1. The summed E-state index contributed by atoms with van der Waals surface area (Å²) in [6.07, 6.45) is 3.36. The number of aliphatic carboxylic acids is 2. The average Bonchev–Trinajstić information content (AvgIpc) is 2.97. The molecule has 39 heavy (non-hydrogen) atoms. The highest BCUT2D eigenvalue weighted by molar-refractivity contribution is 6.27. The molecule has 2 aliphatic heterocycles. The van der Waals surface area contributed by atoms with E-state index in [9.17, 15) is 0 Å². The van der Waals surface area contributed by atoms with E-state index < -0.39 is 11.9 Å². The van der Waals surface area contributed by atoms with E-state index in [0.29, 0.717) is 6.04 Å². The van der Waals surface area contributed by atoms with Crippen molar-refractivity contribution in [3.63, 3.8) is 0 Å². The molecule has 1 unspecified atom stereocenters. The molecule has 9 nitrogen and oxygen atoms in total. The first-order valence-corrected chi connectivity index (χ1v) is 13.3. The maximum atomic E-state index is 9.10. The van der Waals surface area contributed by atoms with E-state index >= 15 is 0 Å². The van der Waals surface area contributed by atoms with Gasteiger partial charge in [-0.3, -0.25) is 0 Å². The molecule has 0 aliphatic carbocycles. The van der Waals surface area contributed by atoms with Crippen LogP contribution in [0.3, 0.4) is 0 Å². The number of aromatic nitrogens is 1. The molecule has 1 atom stereocenters. The molecule has 2 aliphatic rings. The molecule has 9 heteroatoms. The number of pyridine rings is 1. The fourth-order valence-electron chi connectivity index (χ4n) is 4.88. The van der Waals surface area contributed by atoms with Gasteiger partial charge in [0.1, 0.15) is 5.82 Å². The second kappa shape index (κ2) is 13.2. The Bertz CT molecular complexity index is 1320. The molecule has 0 bridgehead atoms. The molecule has 1 aromatic heterocycles. The number of carbonyl (C=O) groups is 2. The summed E-state index contributed by atoms with van der Waals surface area (Å²) >= 11 is 0. The number of nitrogens with zero attached hydrogens (tertiary/aromatic N) is 3. The molecule has 2 aromatic carbocycles. The molecule has 3 heterocycles. The first-order valence-electron chi connectivity index (χ1n) is 13.3. The number of hydrogen-bond donors (Lipinski definition) is 3. The highest BCUT2D eigenvalue weighted by Gasteiger charge is 2.21. The Balaban J connectivity index is 0.000000531. The Labute approximate surface area is 228 Å². The van der Waals surface area contributed by atoms with E-state index in [1.807, 2.05) is 0 Å². The molecule has 0 saturated carbocycles. The van der Waals surface area contributed by atoms with Crippen LogP contribution in [0.25, 0.3) is 22.4 Å². The SMILES string of the molecule is CCC1CN(c2nc(C=C(C)c3cccc(N4CCOCC4)c3)cc3ccccc23)CCN1.O=C(O)C(=O)O. The van der Waals surface area contributed by atoms with Crippen LogP contribution >= 0.6 is 0 Å². The molecular formula is C30H36N4O5. The van der Waals surface area contributed by atoms with Gasteiger partial charge < -0.3 is 30.1 Å². The van der Waals surface area contributed by atoms with Gasteiger partial charge in [-0.1, -0.05) is 43.3 Å². The van der Waals surface area contributed by atoms with Crippen LogP contribution in [0.1, 0.15) is 31.5 Å². The predicted octanol–water partition coefficient (Wildman–Crippen LogP) is 3.98. The zero-order chi connectivity index (χ0) is 27.8. The van der Waals surface area contributed by atoms with Crippen molar-refractivity contribution >= 4 is 45.9 Å². The largest absolute Gasteiger partial charge is 0.473 e. The van der Waals surface area contributed by atoms with Gasteiger partial charge in [-0.15, -0.1) is 0 Å². The first kappa shape index (κ1) is 28.1. The lowest BCUT2D eigenvalue weighted by molar-refractivity contribution is -0.159. The third kappa shape index (κ3) is 7.34. The van der Waals surface area contributed by atoms with Gasteiger partial charge in [0.15, 0.2) is 0 Å². The maximum absolute atomic E-state index is 9.10. The van der Waals surface area contributed by atoms with E-state index in [1.54, 1.807) is 0 Å². The summed E-state index contributed by atoms with van der Waals surface area (Å²) in [6.45, 7) is 10.9. The van der Waals surface area contributed by atoms with Gasteiger partial charge in [-0.2, -0.15) is 0 Å². The summed E-state index contributed by atoms with van der Waals surface area (Å²) in [5.74, 6) is -2.54. The van der Waals surface area contributed by atoms with Crippen LogP contribution in [-0.4, -0.2) is 79.1 Å². The molecule has 0 spiro atoms. The van der Waals surface area contributed by atoms with Crippen molar-refractivity contribution in [2.24, 2.45) is 0 Å². The van der Waals surface area contributed by atoms with E-state index in [4.69, 9.17) is 29.5 Å². The molecule has 0 radical (unpaired) electrons. The number of piperazine rings is 1. The van der Waals surface area contributed by atoms with Crippen LogP contribution in [0.15, 0.2) is 54.6 Å². The second-order valence-electron chi connectivity index (χ2n) is 9.68. The standard InChI is InChI=1S/C28H34N4O.C2H2O4/c1-3-24-20-32(12-11-29-24)28-27-10-5-4-7-23(27)18-25(30-28)17-21(2)22-8-6-9-26(19-22)31-13-15-33-16-14-31;3-1(4)2(5)6/h4-10,17-19,24,29H,3,11-16,20H2,1-2H3;(H,3,4)(H,5,6). The number of allylic oxidation sites excluding steroid dienone is 1. The zero-order valence-corrected chi connectivity index (χ0v) is 22.5. The number of fused-ring (bicyclic) bond motifs is 1. The van der Waals surface area contributed by atoms with Gasteiger partial charge in [-0.25, -0.2) is 14.6 Å². The van der Waals surface area contributed by atoms with Gasteiger partial charge in [0.2, 0.25) is 0 Å². The summed E-state index contributed by atoms with van der Waals surface area (Å²) in [5, 5.41) is 20.9. The third-order valence-electron chi connectivity index (χ3n) is 7.01. The van der Waals surface area contributed by atoms with E-state index in [-0.39, 0.29) is 0 Å². The molecule has 2 saturated heterocycles. The Morgan fingerprint density at radius 2 is 1.77 bits per heavy atom. The fraction of sp³-hybridized carbons (Fsp3) is 0.367. The molecular weight excluding hydrogens is 496 g/mol. The van der Waals surface area contributed by atoms with E-state index in [2.05, 4.69) is 89.6 Å². The minimum absolute atomic E-state index is 0.517. The molecule has 206 valence electrons. The summed E-state index contributed by atoms with van der Waals surface area (Å²) in [5.41, 5.74) is 4.75. The van der Waals surface area contributed by atoms with Crippen LogP contribution in [0.2, 0.25) is 0 Å². The lowest BCUT2D eigenvalue weighted by atomic mass is 10.0. The quantitative estimate of drug-likeness (QED) is 0.420. The van der Waals surface area contributed by atoms with Crippen LogP contribution < -0.4 is 15.1 Å². The average molecular weight is 533 g/mol. The lowest BCUT2D eigenvalue weighted by Crippen LogP contribution is -2.50. The number of benzene rings is 2. The van der Waals surface area contributed by atoms with Gasteiger partial charge in [-0.05, 0) is 54.1 Å². The van der Waals surface area contributed by atoms with Gasteiger partial charge in [0.25, 0.3) is 0 Å². The topological polar surface area (TPSA) is 115 Å². The zero-order valence-electron chi connectivity index (χ0n) is 22.5. The van der Waals surface area contributed by atoms with Crippen LogP contribution in [0, 0.1) is 0 Å². The number of nitrogens with one attached hydrogen (secondary N) is 1. The number of carboxylic acids is 2. The van der Waals surface area contributed by atoms with Crippen LogP contribution in [-0.2, 0) is 14.3 Å². The van der Waals surface area contributed by atoms with Crippen LogP contribution in [0.5, 0.6) is 0 Å². The molecule has 0 amide bonds. The van der Waals surface area contributed by atoms with E-state index in [1.165, 1.54) is 27.6 Å². The highest BCUT2D eigenvalue weighted by Crippen LogP contribution is 2.29. The highest BCUT2D eigenvalue weighted by atomic mass is 16.5. The monoisotopic (exact) mass is 532 g/mol. The Morgan fingerprint density at radius 1 is 1.03 bits per heavy atom. The summed E-state index contributed by atoms with van der Waals surface area (Å²) in [7, 11) is 0. The van der Waals surface area contributed by atoms with Crippen LogP contribution in [0.4, 0.5) is 11.5 Å². The number of rotatable bonds is 5. The van der Waals surface area contributed by atoms with Crippen molar-refractivity contribution in [1.29, 1.82) is 0 Å². The normalized spacial score (nSPS) is 17.9. The van der Waals surface area contributed by atoms with Crippen molar-refractivity contribution in [3.8, 4) is 0 Å². The van der Waals surface area contributed by atoms with E-state index in [0.717, 1.165) is 63.9 Å². The first-order chi connectivity index (χ1) is 18.9. The van der Waals surface area contributed by atoms with Crippen molar-refractivity contribution in [2.75, 3.05) is 55.7 Å². The number of ether oxygens (including phenoxy) is 1. The lowest BCUT2D eigenvalue weighted by Gasteiger charge is -2.34. The van der Waals surface area contributed by atoms with Gasteiger partial charge >= 0.3 is 11.9 Å². The molecule has 5 rings (SSSR count). The number of hydrogen-bond acceptors (Lipinski definition) is 7. The third-order valence-corrected chi connectivity index (χ3v) is 7.01. The Morgan fingerprint density at radius 3 is 2.49 bits per heavy atom. The second-order valence-corrected chi connectivity index (χ2v) is 9.68. The minimum Gasteiger partial charge on any atom is -0.473 e. The summed E-state index contributed by atoms with van der Waals surface area (Å²) < 4.78 is 5.52. The molecule has 3 N–H and O–H groups in total. The molecule has 3 aromatic rings. The Hall–Kier alpha value is -3.95. The molecule has 2 fully saturated rings. The Kier molecular flexibility index (Phi) is 9.51. The summed E-state index contributed by atoms with van der Waals surface area (Å²) in [4.78, 5) is 28.2. The minimum atomic E-state index is -1.82. The summed E-state index contributed by atoms with van der Waals surface area (Å²) in [6, 6.07) is 20.2. The number of anilines is 2.